The minimum atomic E-state index is -0.223. The number of benzene rings is 1. The minimum absolute atomic E-state index is 0.223. The fourth-order valence-electron chi connectivity index (χ4n) is 2.05. The first-order valence-electron chi connectivity index (χ1n) is 6.35. The number of thiophene rings is 1. The molecule has 0 radical (unpaired) electrons. The molecular formula is C16H12N2OS2. The number of aromatic nitrogens is 1. The molecule has 0 saturated carbocycles. The van der Waals surface area contributed by atoms with Crippen molar-refractivity contribution in [2.45, 2.75) is 13.5 Å². The van der Waals surface area contributed by atoms with E-state index < -0.39 is 0 Å². The number of thiazole rings is 1. The summed E-state index contributed by atoms with van der Waals surface area (Å²) < 4.78 is 2.99. The van der Waals surface area contributed by atoms with E-state index in [1.807, 2.05) is 35.1 Å². The molecule has 0 bridgehead atoms. The first-order chi connectivity index (χ1) is 10.2. The molecule has 5 heteroatoms. The first-order valence-corrected chi connectivity index (χ1v) is 8.04. The van der Waals surface area contributed by atoms with Crippen molar-refractivity contribution in [2.75, 3.05) is 0 Å². The summed E-state index contributed by atoms with van der Waals surface area (Å²) in [7, 11) is 0. The van der Waals surface area contributed by atoms with Crippen molar-refractivity contribution < 1.29 is 4.79 Å². The summed E-state index contributed by atoms with van der Waals surface area (Å²) in [4.78, 5) is 17.7. The summed E-state index contributed by atoms with van der Waals surface area (Å²) in [5.74, 6) is 2.40. The number of rotatable bonds is 2. The molecular weight excluding hydrogens is 300 g/mol. The number of carbonyl (C=O) groups excluding carboxylic acids is 1. The highest BCUT2D eigenvalue weighted by molar-refractivity contribution is 7.16. The summed E-state index contributed by atoms with van der Waals surface area (Å²) >= 11 is 2.88. The maximum Gasteiger partial charge on any atom is 0.289 e. The number of nitrogens with zero attached hydrogens (tertiary/aromatic N) is 2. The summed E-state index contributed by atoms with van der Waals surface area (Å²) in [6.07, 6.45) is 5.44. The number of carbonyl (C=O) groups is 1. The van der Waals surface area contributed by atoms with E-state index in [0.717, 1.165) is 10.2 Å². The average Bonchev–Trinajstić information content (AvgIpc) is 3.08. The summed E-state index contributed by atoms with van der Waals surface area (Å²) in [6.45, 7) is 2.44. The Morgan fingerprint density at radius 2 is 2.29 bits per heavy atom. The Labute approximate surface area is 130 Å². The zero-order valence-corrected chi connectivity index (χ0v) is 13.0. The largest absolute Gasteiger partial charge is 0.305 e. The lowest BCUT2D eigenvalue weighted by Crippen LogP contribution is -2.16. The number of fused-ring (bicyclic) bond motifs is 1. The van der Waals surface area contributed by atoms with E-state index in [1.165, 1.54) is 28.2 Å². The Hall–Kier alpha value is -2.16. The van der Waals surface area contributed by atoms with Crippen molar-refractivity contribution >= 4 is 38.8 Å². The SMILES string of the molecule is C#CCn1c(=NC(=O)c2cccs2)sc2cc(C)ccc21. The number of amides is 1. The maximum absolute atomic E-state index is 12.2. The van der Waals surface area contributed by atoms with Crippen LogP contribution >= 0.6 is 22.7 Å². The van der Waals surface area contributed by atoms with Crippen LogP contribution in [0.5, 0.6) is 0 Å². The second-order valence-corrected chi connectivity index (χ2v) is 6.50. The Kier molecular flexibility index (Phi) is 3.74. The summed E-state index contributed by atoms with van der Waals surface area (Å²) in [5, 5.41) is 1.87. The van der Waals surface area contributed by atoms with E-state index in [2.05, 4.69) is 17.0 Å². The molecule has 0 saturated heterocycles. The van der Waals surface area contributed by atoms with Gasteiger partial charge in [-0.15, -0.1) is 17.8 Å². The van der Waals surface area contributed by atoms with Crippen molar-refractivity contribution in [2.24, 2.45) is 4.99 Å². The molecule has 0 aliphatic rings. The van der Waals surface area contributed by atoms with Gasteiger partial charge < -0.3 is 4.57 Å². The van der Waals surface area contributed by atoms with Gasteiger partial charge in [-0.2, -0.15) is 4.99 Å². The van der Waals surface area contributed by atoms with Crippen LogP contribution in [-0.2, 0) is 6.54 Å². The predicted octanol–water partition coefficient (Wildman–Crippen LogP) is 3.45. The van der Waals surface area contributed by atoms with E-state index in [-0.39, 0.29) is 5.91 Å². The molecule has 0 N–H and O–H groups in total. The third-order valence-corrected chi connectivity index (χ3v) is 4.92. The zero-order chi connectivity index (χ0) is 14.8. The molecule has 3 nitrogen and oxygen atoms in total. The monoisotopic (exact) mass is 312 g/mol. The smallest absolute Gasteiger partial charge is 0.289 e. The second kappa shape index (κ2) is 5.68. The van der Waals surface area contributed by atoms with Gasteiger partial charge in [0.05, 0.1) is 21.6 Å². The lowest BCUT2D eigenvalue weighted by molar-refractivity contribution is 0.100. The number of terminal acetylenes is 1. The molecule has 2 aromatic heterocycles. The quantitative estimate of drug-likeness (QED) is 0.667. The molecule has 0 aliphatic heterocycles. The van der Waals surface area contributed by atoms with E-state index in [9.17, 15) is 4.79 Å². The van der Waals surface area contributed by atoms with Crippen molar-refractivity contribution in [1.29, 1.82) is 0 Å². The van der Waals surface area contributed by atoms with E-state index in [4.69, 9.17) is 6.42 Å². The maximum atomic E-state index is 12.2. The normalized spacial score (nSPS) is 11.7. The highest BCUT2D eigenvalue weighted by Crippen LogP contribution is 2.19. The topological polar surface area (TPSA) is 34.4 Å². The fourth-order valence-corrected chi connectivity index (χ4v) is 3.79. The Balaban J connectivity index is 2.19. The van der Waals surface area contributed by atoms with Gasteiger partial charge in [-0.1, -0.05) is 29.4 Å². The van der Waals surface area contributed by atoms with E-state index in [1.54, 1.807) is 6.07 Å². The zero-order valence-electron chi connectivity index (χ0n) is 11.4. The lowest BCUT2D eigenvalue weighted by Gasteiger charge is -1.99. The highest BCUT2D eigenvalue weighted by atomic mass is 32.1. The van der Waals surface area contributed by atoms with Crippen LogP contribution in [-0.4, -0.2) is 10.5 Å². The fraction of sp³-hybridized carbons (Fsp3) is 0.125. The number of hydrogen-bond acceptors (Lipinski definition) is 3. The van der Waals surface area contributed by atoms with Crippen LogP contribution in [0.4, 0.5) is 0 Å². The molecule has 3 aromatic rings. The van der Waals surface area contributed by atoms with Crippen LogP contribution in [0.15, 0.2) is 40.7 Å². The van der Waals surface area contributed by atoms with Gasteiger partial charge >= 0.3 is 0 Å². The molecule has 21 heavy (non-hydrogen) atoms. The molecule has 1 amide bonds. The standard InChI is InChI=1S/C16H12N2OS2/c1-3-8-18-12-7-6-11(2)10-14(12)21-16(18)17-15(19)13-5-4-9-20-13/h1,4-7,9-10H,8H2,2H3. The molecule has 0 fully saturated rings. The highest BCUT2D eigenvalue weighted by Gasteiger charge is 2.09. The molecule has 0 aliphatic carbocycles. The van der Waals surface area contributed by atoms with Gasteiger partial charge in [0, 0.05) is 0 Å². The Morgan fingerprint density at radius 3 is 3.00 bits per heavy atom. The van der Waals surface area contributed by atoms with Crippen molar-refractivity contribution in [1.82, 2.24) is 4.57 Å². The van der Waals surface area contributed by atoms with Crippen molar-refractivity contribution in [3.8, 4) is 12.3 Å². The van der Waals surface area contributed by atoms with Gasteiger partial charge in [0.15, 0.2) is 4.80 Å². The molecule has 2 heterocycles. The predicted molar refractivity (Wildman–Crippen MR) is 87.6 cm³/mol. The van der Waals surface area contributed by atoms with Crippen LogP contribution in [0.25, 0.3) is 10.2 Å². The van der Waals surface area contributed by atoms with Crippen molar-refractivity contribution in [3.05, 3.63) is 51.0 Å². The average molecular weight is 312 g/mol. The molecule has 104 valence electrons. The van der Waals surface area contributed by atoms with Gasteiger partial charge in [-0.25, -0.2) is 0 Å². The first kappa shape index (κ1) is 13.8. The van der Waals surface area contributed by atoms with E-state index >= 15 is 0 Å². The molecule has 0 atom stereocenters. The lowest BCUT2D eigenvalue weighted by atomic mass is 10.2. The Bertz CT molecular complexity index is 908. The summed E-state index contributed by atoms with van der Waals surface area (Å²) in [6, 6.07) is 9.76. The second-order valence-electron chi connectivity index (χ2n) is 4.54. The Morgan fingerprint density at radius 1 is 1.43 bits per heavy atom. The minimum Gasteiger partial charge on any atom is -0.305 e. The van der Waals surface area contributed by atoms with Gasteiger partial charge in [0.2, 0.25) is 0 Å². The van der Waals surface area contributed by atoms with Crippen LogP contribution < -0.4 is 4.80 Å². The molecule has 0 spiro atoms. The van der Waals surface area contributed by atoms with E-state index in [0.29, 0.717) is 16.2 Å². The molecule has 3 rings (SSSR count). The number of hydrogen-bond donors (Lipinski definition) is 0. The van der Waals surface area contributed by atoms with Crippen LogP contribution in [0.2, 0.25) is 0 Å². The van der Waals surface area contributed by atoms with Crippen LogP contribution in [0.1, 0.15) is 15.2 Å². The molecule has 0 unspecified atom stereocenters. The third kappa shape index (κ3) is 2.68. The third-order valence-electron chi connectivity index (χ3n) is 3.02. The van der Waals surface area contributed by atoms with Gasteiger partial charge in [0.25, 0.3) is 5.91 Å². The summed E-state index contributed by atoms with van der Waals surface area (Å²) in [5.41, 5.74) is 2.19. The van der Waals surface area contributed by atoms with Crippen LogP contribution in [0, 0.1) is 19.3 Å². The molecule has 1 aromatic carbocycles. The van der Waals surface area contributed by atoms with Gasteiger partial charge in [-0.3, -0.25) is 4.79 Å². The van der Waals surface area contributed by atoms with Gasteiger partial charge in [-0.05, 0) is 36.1 Å². The van der Waals surface area contributed by atoms with Gasteiger partial charge in [0.1, 0.15) is 0 Å². The number of aryl methyl sites for hydroxylation is 1. The van der Waals surface area contributed by atoms with Crippen molar-refractivity contribution in [3.63, 3.8) is 0 Å². The van der Waals surface area contributed by atoms with Crippen LogP contribution in [0.3, 0.4) is 0 Å².